The van der Waals surface area contributed by atoms with Gasteiger partial charge in [-0.3, -0.25) is 4.79 Å². The smallest absolute Gasteiger partial charge is 0.220 e. The van der Waals surface area contributed by atoms with Crippen molar-refractivity contribution in [2.75, 3.05) is 26.4 Å². The molecule has 0 aromatic heterocycles. The number of carbonyl (C=O) groups is 1. The molecule has 3 nitrogen and oxygen atoms in total. The molecule has 14 heavy (non-hydrogen) atoms. The molecule has 0 spiro atoms. The maximum Gasteiger partial charge on any atom is 0.220 e. The molecule has 0 aliphatic carbocycles. The number of amides is 1. The maximum atomic E-state index is 11.0. The Morgan fingerprint density at radius 2 is 2.00 bits per heavy atom. The molecule has 0 saturated heterocycles. The molecular weight excluding hydrogens is 196 g/mol. The minimum absolute atomic E-state index is 0.0397. The summed E-state index contributed by atoms with van der Waals surface area (Å²) in [5.41, 5.74) is 5.30. The van der Waals surface area contributed by atoms with Crippen LogP contribution in [0, 0.1) is 11.8 Å². The van der Waals surface area contributed by atoms with Crippen LogP contribution in [0.4, 0.5) is 0 Å². The number of hydrogen-bond acceptors (Lipinski definition) is 3. The summed E-state index contributed by atoms with van der Waals surface area (Å²) in [4.78, 5) is 13.2. The topological polar surface area (TPSA) is 46.3 Å². The molecule has 4 heteroatoms. The van der Waals surface area contributed by atoms with E-state index < -0.39 is 0 Å². The average Bonchev–Trinajstić information content (AvgIpc) is 2.10. The van der Waals surface area contributed by atoms with Gasteiger partial charge < -0.3 is 10.6 Å². The van der Waals surface area contributed by atoms with E-state index in [4.69, 9.17) is 5.73 Å². The number of carbonyl (C=O) groups excluding carboxylic acids is 1. The first kappa shape index (κ1) is 13.8. The first-order chi connectivity index (χ1) is 6.49. The first-order valence-electron chi connectivity index (χ1n) is 5.04. The lowest BCUT2D eigenvalue weighted by atomic mass is 9.88. The molecule has 0 aliphatic rings. The quantitative estimate of drug-likeness (QED) is 0.626. The lowest BCUT2D eigenvalue weighted by molar-refractivity contribution is -0.123. The van der Waals surface area contributed by atoms with Gasteiger partial charge in [-0.2, -0.15) is 12.6 Å². The molecule has 0 heterocycles. The van der Waals surface area contributed by atoms with Crippen LogP contribution in [0.1, 0.15) is 19.8 Å². The Bertz CT molecular complexity index is 174. The molecular formula is C10H22N2OS. The molecule has 0 aromatic carbocycles. The molecule has 0 radical (unpaired) electrons. The van der Waals surface area contributed by atoms with Gasteiger partial charge in [-0.05, 0) is 45.2 Å². The zero-order valence-electron chi connectivity index (χ0n) is 9.36. The van der Waals surface area contributed by atoms with Crippen molar-refractivity contribution in [1.82, 2.24) is 4.90 Å². The van der Waals surface area contributed by atoms with Gasteiger partial charge in [-0.1, -0.05) is 6.92 Å². The minimum atomic E-state index is -0.199. The number of thiol groups is 1. The third kappa shape index (κ3) is 5.50. The zero-order chi connectivity index (χ0) is 11.1. The van der Waals surface area contributed by atoms with Crippen molar-refractivity contribution in [2.45, 2.75) is 19.8 Å². The van der Waals surface area contributed by atoms with Crippen LogP contribution in [0.5, 0.6) is 0 Å². The van der Waals surface area contributed by atoms with Crippen LogP contribution < -0.4 is 5.73 Å². The van der Waals surface area contributed by atoms with Crippen molar-refractivity contribution < 1.29 is 4.79 Å². The van der Waals surface area contributed by atoms with Crippen molar-refractivity contribution in [2.24, 2.45) is 17.6 Å². The predicted molar refractivity (Wildman–Crippen MR) is 63.5 cm³/mol. The van der Waals surface area contributed by atoms with E-state index in [1.54, 1.807) is 0 Å². The Hall–Kier alpha value is -0.220. The molecule has 0 fully saturated rings. The molecule has 0 saturated carbocycles. The summed E-state index contributed by atoms with van der Waals surface area (Å²) < 4.78 is 0. The summed E-state index contributed by atoms with van der Waals surface area (Å²) in [5, 5.41) is 0. The van der Waals surface area contributed by atoms with Crippen LogP contribution in [0.3, 0.4) is 0 Å². The minimum Gasteiger partial charge on any atom is -0.369 e. The van der Waals surface area contributed by atoms with Gasteiger partial charge in [0.2, 0.25) is 5.91 Å². The summed E-state index contributed by atoms with van der Waals surface area (Å²) in [7, 11) is 4.07. The monoisotopic (exact) mass is 218 g/mol. The third-order valence-electron chi connectivity index (χ3n) is 2.60. The van der Waals surface area contributed by atoms with E-state index in [-0.39, 0.29) is 11.8 Å². The Balaban J connectivity index is 4.06. The fourth-order valence-corrected chi connectivity index (χ4v) is 1.80. The summed E-state index contributed by atoms with van der Waals surface area (Å²) in [6.07, 6.45) is 1.97. The van der Waals surface area contributed by atoms with Gasteiger partial charge in [0.25, 0.3) is 0 Å². The fraction of sp³-hybridized carbons (Fsp3) is 0.900. The van der Waals surface area contributed by atoms with E-state index in [9.17, 15) is 4.79 Å². The van der Waals surface area contributed by atoms with E-state index in [2.05, 4.69) is 17.5 Å². The van der Waals surface area contributed by atoms with Crippen molar-refractivity contribution in [3.8, 4) is 0 Å². The molecule has 0 rings (SSSR count). The van der Waals surface area contributed by atoms with Crippen molar-refractivity contribution in [1.29, 1.82) is 0 Å². The second-order valence-corrected chi connectivity index (χ2v) is 4.50. The van der Waals surface area contributed by atoms with Gasteiger partial charge >= 0.3 is 0 Å². The van der Waals surface area contributed by atoms with Crippen LogP contribution in [-0.2, 0) is 4.79 Å². The predicted octanol–water partition coefficient (Wildman–Crippen LogP) is 0.996. The molecule has 0 aliphatic heterocycles. The Morgan fingerprint density at radius 1 is 1.43 bits per heavy atom. The highest BCUT2D eigenvalue weighted by Crippen LogP contribution is 2.20. The largest absolute Gasteiger partial charge is 0.369 e. The second kappa shape index (κ2) is 7.12. The highest BCUT2D eigenvalue weighted by Gasteiger charge is 2.20. The van der Waals surface area contributed by atoms with Crippen LogP contribution in [0.25, 0.3) is 0 Å². The Kier molecular flexibility index (Phi) is 7.01. The van der Waals surface area contributed by atoms with Crippen LogP contribution in [0.2, 0.25) is 0 Å². The van der Waals surface area contributed by atoms with Crippen molar-refractivity contribution in [3.63, 3.8) is 0 Å². The van der Waals surface area contributed by atoms with Gasteiger partial charge in [0, 0.05) is 5.92 Å². The number of rotatable bonds is 7. The Labute approximate surface area is 92.4 Å². The number of hydrogen-bond donors (Lipinski definition) is 2. The van der Waals surface area contributed by atoms with Crippen LogP contribution in [0.15, 0.2) is 0 Å². The van der Waals surface area contributed by atoms with Crippen molar-refractivity contribution in [3.05, 3.63) is 0 Å². The normalized spacial score (nSPS) is 15.5. The highest BCUT2D eigenvalue weighted by atomic mass is 32.1. The summed E-state index contributed by atoms with van der Waals surface area (Å²) in [6.45, 7) is 2.90. The summed E-state index contributed by atoms with van der Waals surface area (Å²) in [6, 6.07) is 0. The number of nitrogens with zero attached hydrogens (tertiary/aromatic N) is 1. The molecule has 84 valence electrons. The lowest BCUT2D eigenvalue weighted by Gasteiger charge is -2.22. The van der Waals surface area contributed by atoms with Crippen molar-refractivity contribution >= 4 is 18.5 Å². The second-order valence-electron chi connectivity index (χ2n) is 4.06. The van der Waals surface area contributed by atoms with E-state index in [0.29, 0.717) is 5.92 Å². The van der Waals surface area contributed by atoms with Crippen LogP contribution in [-0.4, -0.2) is 37.2 Å². The SMILES string of the molecule is CC(C(N)=O)C(CCS)CCN(C)C. The zero-order valence-corrected chi connectivity index (χ0v) is 10.3. The van der Waals surface area contributed by atoms with Gasteiger partial charge in [0.05, 0.1) is 0 Å². The molecule has 1 amide bonds. The molecule has 2 unspecified atom stereocenters. The summed E-state index contributed by atoms with van der Waals surface area (Å²) >= 11 is 4.20. The van der Waals surface area contributed by atoms with Gasteiger partial charge in [-0.15, -0.1) is 0 Å². The van der Waals surface area contributed by atoms with Gasteiger partial charge in [-0.25, -0.2) is 0 Å². The standard InChI is InChI=1S/C10H22N2OS/c1-8(10(11)13)9(5-7-14)4-6-12(2)3/h8-9,14H,4-7H2,1-3H3,(H2,11,13). The maximum absolute atomic E-state index is 11.0. The first-order valence-corrected chi connectivity index (χ1v) is 5.67. The lowest BCUT2D eigenvalue weighted by Crippen LogP contribution is -2.30. The molecule has 0 aromatic rings. The number of nitrogens with two attached hydrogens (primary N) is 1. The average molecular weight is 218 g/mol. The van der Waals surface area contributed by atoms with Gasteiger partial charge in [0.15, 0.2) is 0 Å². The molecule has 0 bridgehead atoms. The van der Waals surface area contributed by atoms with Gasteiger partial charge in [0.1, 0.15) is 0 Å². The van der Waals surface area contributed by atoms with Crippen LogP contribution >= 0.6 is 12.6 Å². The highest BCUT2D eigenvalue weighted by molar-refractivity contribution is 7.80. The fourth-order valence-electron chi connectivity index (χ4n) is 1.47. The van der Waals surface area contributed by atoms with E-state index in [1.807, 2.05) is 21.0 Å². The molecule has 2 atom stereocenters. The summed E-state index contributed by atoms with van der Waals surface area (Å²) in [5.74, 6) is 0.945. The Morgan fingerprint density at radius 3 is 2.36 bits per heavy atom. The molecule has 2 N–H and O–H groups in total. The third-order valence-corrected chi connectivity index (χ3v) is 2.86. The number of primary amides is 1. The van der Waals surface area contributed by atoms with E-state index in [1.165, 1.54) is 0 Å². The van der Waals surface area contributed by atoms with E-state index >= 15 is 0 Å². The van der Waals surface area contributed by atoms with E-state index in [0.717, 1.165) is 25.1 Å².